The lowest BCUT2D eigenvalue weighted by Crippen LogP contribution is -2.60. The first-order valence-corrected chi connectivity index (χ1v) is 7.93. The average molecular weight is 264 g/mol. The summed E-state index contributed by atoms with van der Waals surface area (Å²) in [5.74, 6) is 2.88. The number of carbonyl (C=O) groups excluding carboxylic acids is 1. The molecule has 3 N–H and O–H groups in total. The minimum atomic E-state index is -0.237. The van der Waals surface area contributed by atoms with Crippen molar-refractivity contribution in [3.05, 3.63) is 0 Å². The maximum absolute atomic E-state index is 12.2. The smallest absolute Gasteiger partial charge is 0.220 e. The summed E-state index contributed by atoms with van der Waals surface area (Å²) in [5.41, 5.74) is 5.88. The third-order valence-corrected chi connectivity index (χ3v) is 5.44. The minimum Gasteiger partial charge on any atom is -0.351 e. The van der Waals surface area contributed by atoms with Gasteiger partial charge in [-0.1, -0.05) is 0 Å². The zero-order chi connectivity index (χ0) is 13.7. The first kappa shape index (κ1) is 13.4. The fourth-order valence-corrected chi connectivity index (χ4v) is 5.06. The van der Waals surface area contributed by atoms with Crippen LogP contribution in [-0.4, -0.2) is 17.0 Å². The topological polar surface area (TPSA) is 55.1 Å². The number of nitrogens with one attached hydrogen (secondary N) is 1. The molecule has 108 valence electrons. The van der Waals surface area contributed by atoms with E-state index in [4.69, 9.17) is 5.73 Å². The summed E-state index contributed by atoms with van der Waals surface area (Å²) in [4.78, 5) is 12.2. The Kier molecular flexibility index (Phi) is 3.16. The van der Waals surface area contributed by atoms with Gasteiger partial charge in [-0.3, -0.25) is 4.79 Å². The van der Waals surface area contributed by atoms with Crippen LogP contribution in [0.25, 0.3) is 0 Å². The van der Waals surface area contributed by atoms with E-state index in [-0.39, 0.29) is 17.0 Å². The van der Waals surface area contributed by atoms with Gasteiger partial charge in [0, 0.05) is 17.5 Å². The fraction of sp³-hybridized carbons (Fsp3) is 0.938. The Balaban J connectivity index is 1.59. The van der Waals surface area contributed by atoms with Gasteiger partial charge >= 0.3 is 0 Å². The molecule has 4 saturated carbocycles. The first-order chi connectivity index (χ1) is 8.84. The zero-order valence-electron chi connectivity index (χ0n) is 12.4. The maximum Gasteiger partial charge on any atom is 0.220 e. The van der Waals surface area contributed by atoms with Crippen molar-refractivity contribution in [3.63, 3.8) is 0 Å². The van der Waals surface area contributed by atoms with Gasteiger partial charge in [-0.15, -0.1) is 0 Å². The second kappa shape index (κ2) is 4.47. The standard InChI is InChI=1S/C16H28N2O/c1-15(2,17)4-3-14(19)18-16-8-11-5-12(9-16)7-13(6-11)10-16/h11-13H,3-10,17H2,1-2H3,(H,18,19). The van der Waals surface area contributed by atoms with Gasteiger partial charge in [0.1, 0.15) is 0 Å². The van der Waals surface area contributed by atoms with Crippen molar-refractivity contribution in [2.75, 3.05) is 0 Å². The van der Waals surface area contributed by atoms with Crippen LogP contribution in [0.15, 0.2) is 0 Å². The fourth-order valence-electron chi connectivity index (χ4n) is 5.06. The Bertz CT molecular complexity index is 334. The summed E-state index contributed by atoms with van der Waals surface area (Å²) >= 11 is 0. The number of hydrogen-bond acceptors (Lipinski definition) is 2. The van der Waals surface area contributed by atoms with Crippen molar-refractivity contribution in [3.8, 4) is 0 Å². The summed E-state index contributed by atoms with van der Waals surface area (Å²) in [6.07, 6.45) is 9.31. The molecule has 0 aliphatic heterocycles. The first-order valence-electron chi connectivity index (χ1n) is 7.93. The van der Waals surface area contributed by atoms with E-state index in [0.29, 0.717) is 6.42 Å². The van der Waals surface area contributed by atoms with Crippen LogP contribution < -0.4 is 11.1 Å². The van der Waals surface area contributed by atoms with Crippen molar-refractivity contribution in [2.24, 2.45) is 23.5 Å². The Morgan fingerprint density at radius 2 is 1.63 bits per heavy atom. The average Bonchev–Trinajstić information content (AvgIpc) is 2.22. The van der Waals surface area contributed by atoms with Crippen LogP contribution in [0.4, 0.5) is 0 Å². The summed E-state index contributed by atoms with van der Waals surface area (Å²) in [6, 6.07) is 0. The lowest BCUT2D eigenvalue weighted by atomic mass is 9.53. The largest absolute Gasteiger partial charge is 0.351 e. The van der Waals surface area contributed by atoms with Gasteiger partial charge in [-0.25, -0.2) is 0 Å². The maximum atomic E-state index is 12.2. The molecule has 0 aromatic carbocycles. The highest BCUT2D eigenvalue weighted by atomic mass is 16.1. The lowest BCUT2D eigenvalue weighted by molar-refractivity contribution is -0.127. The molecule has 0 saturated heterocycles. The van der Waals surface area contributed by atoms with Crippen LogP contribution in [0.3, 0.4) is 0 Å². The Morgan fingerprint density at radius 1 is 1.16 bits per heavy atom. The van der Waals surface area contributed by atoms with Crippen LogP contribution in [-0.2, 0) is 4.79 Å². The van der Waals surface area contributed by atoms with Crippen molar-refractivity contribution < 1.29 is 4.79 Å². The molecule has 0 radical (unpaired) electrons. The van der Waals surface area contributed by atoms with Crippen molar-refractivity contribution in [1.29, 1.82) is 0 Å². The van der Waals surface area contributed by atoms with Gasteiger partial charge in [0.2, 0.25) is 5.91 Å². The summed E-state index contributed by atoms with van der Waals surface area (Å²) < 4.78 is 0. The van der Waals surface area contributed by atoms with Crippen molar-refractivity contribution in [1.82, 2.24) is 5.32 Å². The summed E-state index contributed by atoms with van der Waals surface area (Å²) in [5, 5.41) is 3.40. The number of hydrogen-bond donors (Lipinski definition) is 2. The van der Waals surface area contributed by atoms with Gasteiger partial charge in [0.15, 0.2) is 0 Å². The molecule has 0 aromatic rings. The van der Waals surface area contributed by atoms with Crippen molar-refractivity contribution in [2.45, 2.75) is 76.3 Å². The zero-order valence-corrected chi connectivity index (χ0v) is 12.4. The Labute approximate surface area is 116 Å². The van der Waals surface area contributed by atoms with Crippen LogP contribution in [0.5, 0.6) is 0 Å². The second-order valence-electron chi connectivity index (χ2n) is 8.23. The number of amides is 1. The molecular formula is C16H28N2O. The minimum absolute atomic E-state index is 0.157. The SMILES string of the molecule is CC(C)(N)CCC(=O)NC12CC3CC(CC(C3)C1)C2. The van der Waals surface area contributed by atoms with E-state index in [2.05, 4.69) is 5.32 Å². The predicted molar refractivity (Wildman–Crippen MR) is 76.5 cm³/mol. The summed E-state index contributed by atoms with van der Waals surface area (Å²) in [6.45, 7) is 3.98. The number of nitrogens with two attached hydrogens (primary N) is 1. The molecule has 0 atom stereocenters. The lowest BCUT2D eigenvalue weighted by Gasteiger charge is -2.57. The molecule has 4 rings (SSSR count). The van der Waals surface area contributed by atoms with Gasteiger partial charge in [0.25, 0.3) is 0 Å². The molecular weight excluding hydrogens is 236 g/mol. The van der Waals surface area contributed by atoms with E-state index < -0.39 is 0 Å². The molecule has 0 heterocycles. The van der Waals surface area contributed by atoms with E-state index in [1.165, 1.54) is 38.5 Å². The van der Waals surface area contributed by atoms with E-state index in [1.807, 2.05) is 13.8 Å². The van der Waals surface area contributed by atoms with Crippen LogP contribution >= 0.6 is 0 Å². The monoisotopic (exact) mass is 264 g/mol. The highest BCUT2D eigenvalue weighted by Gasteiger charge is 2.51. The van der Waals surface area contributed by atoms with E-state index in [0.717, 1.165) is 24.2 Å². The molecule has 3 heteroatoms. The van der Waals surface area contributed by atoms with Gasteiger partial charge < -0.3 is 11.1 Å². The van der Waals surface area contributed by atoms with Crippen LogP contribution in [0.1, 0.15) is 65.2 Å². The molecule has 4 bridgehead atoms. The summed E-state index contributed by atoms with van der Waals surface area (Å²) in [7, 11) is 0. The molecule has 4 fully saturated rings. The quantitative estimate of drug-likeness (QED) is 0.820. The van der Waals surface area contributed by atoms with Gasteiger partial charge in [-0.05, 0) is 76.5 Å². The van der Waals surface area contributed by atoms with E-state index in [9.17, 15) is 4.79 Å². The molecule has 19 heavy (non-hydrogen) atoms. The molecule has 4 aliphatic rings. The van der Waals surface area contributed by atoms with Gasteiger partial charge in [0.05, 0.1) is 0 Å². The van der Waals surface area contributed by atoms with E-state index >= 15 is 0 Å². The second-order valence-corrected chi connectivity index (χ2v) is 8.23. The molecule has 0 aromatic heterocycles. The molecule has 1 amide bonds. The van der Waals surface area contributed by atoms with Crippen LogP contribution in [0.2, 0.25) is 0 Å². The van der Waals surface area contributed by atoms with Crippen LogP contribution in [0, 0.1) is 17.8 Å². The highest BCUT2D eigenvalue weighted by Crippen LogP contribution is 2.55. The Hall–Kier alpha value is -0.570. The predicted octanol–water partition coefficient (Wildman–Crippen LogP) is 2.59. The molecule has 0 unspecified atom stereocenters. The van der Waals surface area contributed by atoms with Gasteiger partial charge in [-0.2, -0.15) is 0 Å². The van der Waals surface area contributed by atoms with Crippen molar-refractivity contribution >= 4 is 5.91 Å². The number of rotatable bonds is 4. The Morgan fingerprint density at radius 3 is 2.05 bits per heavy atom. The molecule has 0 spiro atoms. The third-order valence-electron chi connectivity index (χ3n) is 5.44. The number of carbonyl (C=O) groups is 1. The molecule has 4 aliphatic carbocycles. The normalized spacial score (nSPS) is 40.5. The highest BCUT2D eigenvalue weighted by molar-refractivity contribution is 5.77. The van der Waals surface area contributed by atoms with E-state index in [1.54, 1.807) is 0 Å². The third kappa shape index (κ3) is 2.96. The molecule has 3 nitrogen and oxygen atoms in total.